The molecule has 1 aliphatic heterocycles. The molecule has 0 aromatic heterocycles. The van der Waals surface area contributed by atoms with Crippen LogP contribution in [-0.4, -0.2) is 17.1 Å². The number of rotatable bonds is 3. The zero-order valence-corrected chi connectivity index (χ0v) is 16.8. The van der Waals surface area contributed by atoms with Crippen molar-refractivity contribution in [1.82, 2.24) is 0 Å². The molecule has 0 aliphatic carbocycles. The minimum Gasteiger partial charge on any atom is -0.276 e. The van der Waals surface area contributed by atoms with Crippen molar-refractivity contribution in [3.8, 4) is 0 Å². The van der Waals surface area contributed by atoms with E-state index in [1.165, 1.54) is 24.3 Å². The molecule has 0 saturated carbocycles. The van der Waals surface area contributed by atoms with Gasteiger partial charge in [0.15, 0.2) is 4.75 Å². The van der Waals surface area contributed by atoms with Crippen molar-refractivity contribution in [3.05, 3.63) is 68.7 Å². The highest BCUT2D eigenvalue weighted by atomic mass is 35.5. The summed E-state index contributed by atoms with van der Waals surface area (Å²) in [6.07, 6.45) is -4.97. The Balaban J connectivity index is 2.02. The van der Waals surface area contributed by atoms with Gasteiger partial charge in [-0.2, -0.15) is 13.2 Å². The number of benzene rings is 2. The second-order valence-electron chi connectivity index (χ2n) is 6.09. The molecule has 0 fully saturated rings. The van der Waals surface area contributed by atoms with Crippen molar-refractivity contribution in [3.63, 3.8) is 0 Å². The molecule has 0 bridgehead atoms. The fraction of sp³-hybridized carbons (Fsp3) is 0.222. The van der Waals surface area contributed by atoms with Crippen molar-refractivity contribution >= 4 is 57.7 Å². The van der Waals surface area contributed by atoms with Crippen molar-refractivity contribution in [2.24, 2.45) is 4.40 Å². The van der Waals surface area contributed by atoms with Gasteiger partial charge in [-0.05, 0) is 77.5 Å². The molecule has 27 heavy (non-hydrogen) atoms. The Morgan fingerprint density at radius 2 is 1.78 bits per heavy atom. The zero-order valence-electron chi connectivity index (χ0n) is 13.7. The standard InChI is InChI=1S/C18H11Cl3F3NOS/c1-9-4-10(2-3-14(9)16(21)26)15-8-17(27-25-15,18(22,23)24)11-5-12(19)7-13(20)6-11/h2-7H,8H2,1H3. The van der Waals surface area contributed by atoms with Crippen LogP contribution >= 0.6 is 46.8 Å². The molecule has 0 amide bonds. The number of hydrogen-bond donors (Lipinski definition) is 0. The molecule has 1 atom stereocenters. The van der Waals surface area contributed by atoms with E-state index in [2.05, 4.69) is 4.40 Å². The van der Waals surface area contributed by atoms with E-state index >= 15 is 0 Å². The smallest absolute Gasteiger partial charge is 0.276 e. The third kappa shape index (κ3) is 3.86. The molecule has 9 heteroatoms. The Labute approximate surface area is 172 Å². The van der Waals surface area contributed by atoms with Crippen LogP contribution in [-0.2, 0) is 4.75 Å². The van der Waals surface area contributed by atoms with Crippen molar-refractivity contribution in [2.75, 3.05) is 0 Å². The highest BCUT2D eigenvalue weighted by Crippen LogP contribution is 2.57. The molecule has 2 aromatic carbocycles. The minimum atomic E-state index is -4.59. The molecule has 0 radical (unpaired) electrons. The van der Waals surface area contributed by atoms with Crippen LogP contribution in [0.5, 0.6) is 0 Å². The Bertz CT molecular complexity index is 941. The normalized spacial score (nSPS) is 19.9. The van der Waals surface area contributed by atoms with E-state index in [0.29, 0.717) is 28.6 Å². The molecule has 1 aliphatic rings. The maximum Gasteiger partial charge on any atom is 0.409 e. The summed E-state index contributed by atoms with van der Waals surface area (Å²) in [5.74, 6) is 0. The number of hydrogen-bond acceptors (Lipinski definition) is 3. The zero-order chi connectivity index (χ0) is 20.0. The van der Waals surface area contributed by atoms with Gasteiger partial charge in [0.2, 0.25) is 0 Å². The van der Waals surface area contributed by atoms with Crippen molar-refractivity contribution in [2.45, 2.75) is 24.3 Å². The van der Waals surface area contributed by atoms with Gasteiger partial charge in [0.25, 0.3) is 5.24 Å². The third-order valence-electron chi connectivity index (χ3n) is 4.29. The van der Waals surface area contributed by atoms with E-state index in [4.69, 9.17) is 34.8 Å². The van der Waals surface area contributed by atoms with Crippen LogP contribution in [0.4, 0.5) is 13.2 Å². The number of nitrogens with zero attached hydrogens (tertiary/aromatic N) is 1. The summed E-state index contributed by atoms with van der Waals surface area (Å²) in [5, 5.41) is -0.382. The number of halogens is 6. The number of alkyl halides is 3. The van der Waals surface area contributed by atoms with E-state index < -0.39 is 16.2 Å². The SMILES string of the molecule is Cc1cc(C2=NSC(c3cc(Cl)cc(Cl)c3)(C(F)(F)F)C2)ccc1C(=O)Cl. The van der Waals surface area contributed by atoms with Crippen LogP contribution < -0.4 is 0 Å². The molecule has 1 heterocycles. The van der Waals surface area contributed by atoms with Gasteiger partial charge in [0.05, 0.1) is 5.71 Å². The lowest BCUT2D eigenvalue weighted by molar-refractivity contribution is -0.159. The van der Waals surface area contributed by atoms with Crippen LogP contribution in [0.1, 0.15) is 33.5 Å². The molecule has 142 valence electrons. The Kier molecular flexibility index (Phi) is 5.56. The first-order valence-corrected chi connectivity index (χ1v) is 9.53. The van der Waals surface area contributed by atoms with E-state index in [-0.39, 0.29) is 27.7 Å². The van der Waals surface area contributed by atoms with E-state index in [1.54, 1.807) is 19.1 Å². The summed E-state index contributed by atoms with van der Waals surface area (Å²) in [6, 6.07) is 8.52. The van der Waals surface area contributed by atoms with Crippen molar-refractivity contribution < 1.29 is 18.0 Å². The Hall–Kier alpha value is -1.21. The summed E-state index contributed by atoms with van der Waals surface area (Å²) in [7, 11) is 0. The fourth-order valence-electron chi connectivity index (χ4n) is 2.91. The lowest BCUT2D eigenvalue weighted by atomic mass is 9.89. The van der Waals surface area contributed by atoms with Crippen LogP contribution in [0.15, 0.2) is 40.8 Å². The Morgan fingerprint density at radius 3 is 2.30 bits per heavy atom. The molecule has 2 nitrogen and oxygen atoms in total. The second kappa shape index (κ2) is 7.32. The molecule has 0 spiro atoms. The van der Waals surface area contributed by atoms with E-state index in [9.17, 15) is 18.0 Å². The van der Waals surface area contributed by atoms with Crippen LogP contribution in [0, 0.1) is 6.92 Å². The quantitative estimate of drug-likeness (QED) is 0.371. The Morgan fingerprint density at radius 1 is 1.15 bits per heavy atom. The van der Waals surface area contributed by atoms with Crippen LogP contribution in [0.25, 0.3) is 0 Å². The van der Waals surface area contributed by atoms with Gasteiger partial charge < -0.3 is 0 Å². The van der Waals surface area contributed by atoms with Crippen LogP contribution in [0.3, 0.4) is 0 Å². The number of carbonyl (C=O) groups is 1. The largest absolute Gasteiger partial charge is 0.409 e. The summed E-state index contributed by atoms with van der Waals surface area (Å²) in [4.78, 5) is 11.3. The van der Waals surface area contributed by atoms with Gasteiger partial charge in [-0.15, -0.1) is 0 Å². The maximum absolute atomic E-state index is 14.1. The number of carbonyl (C=O) groups excluding carboxylic acids is 1. The molecule has 1 unspecified atom stereocenters. The average molecular weight is 453 g/mol. The predicted octanol–water partition coefficient (Wildman–Crippen LogP) is 6.98. The summed E-state index contributed by atoms with van der Waals surface area (Å²) < 4.78 is 44.0. The fourth-order valence-corrected chi connectivity index (χ4v) is 4.61. The molecule has 0 saturated heterocycles. The number of aryl methyl sites for hydroxylation is 1. The van der Waals surface area contributed by atoms with Crippen molar-refractivity contribution in [1.29, 1.82) is 0 Å². The highest BCUT2D eigenvalue weighted by molar-refractivity contribution is 7.99. The van der Waals surface area contributed by atoms with Gasteiger partial charge >= 0.3 is 6.18 Å². The lowest BCUT2D eigenvalue weighted by Gasteiger charge is -2.30. The molecular formula is C18H11Cl3F3NOS. The first-order chi connectivity index (χ1) is 12.5. The summed E-state index contributed by atoms with van der Waals surface area (Å²) in [6.45, 7) is 1.66. The highest BCUT2D eigenvalue weighted by Gasteiger charge is 2.60. The van der Waals surface area contributed by atoms with Gasteiger partial charge in [-0.25, -0.2) is 4.40 Å². The van der Waals surface area contributed by atoms with E-state index in [1.807, 2.05) is 0 Å². The third-order valence-corrected chi connectivity index (χ3v) is 6.16. The van der Waals surface area contributed by atoms with Crippen LogP contribution in [0.2, 0.25) is 10.0 Å². The van der Waals surface area contributed by atoms with Gasteiger partial charge in [-0.3, -0.25) is 4.79 Å². The first kappa shape index (κ1) is 20.5. The van der Waals surface area contributed by atoms with E-state index in [0.717, 1.165) is 0 Å². The predicted molar refractivity (Wildman–Crippen MR) is 104 cm³/mol. The summed E-state index contributed by atoms with van der Waals surface area (Å²) in [5.41, 5.74) is 1.58. The van der Waals surface area contributed by atoms with Gasteiger partial charge in [0.1, 0.15) is 0 Å². The summed E-state index contributed by atoms with van der Waals surface area (Å²) >= 11 is 17.8. The molecule has 0 N–H and O–H groups in total. The molecular weight excluding hydrogens is 442 g/mol. The van der Waals surface area contributed by atoms with Gasteiger partial charge in [0, 0.05) is 22.0 Å². The second-order valence-corrected chi connectivity index (χ2v) is 8.37. The molecule has 2 aromatic rings. The maximum atomic E-state index is 14.1. The topological polar surface area (TPSA) is 29.4 Å². The van der Waals surface area contributed by atoms with Gasteiger partial charge in [-0.1, -0.05) is 29.3 Å². The molecule has 3 rings (SSSR count). The average Bonchev–Trinajstić information content (AvgIpc) is 3.00. The lowest BCUT2D eigenvalue weighted by Crippen LogP contribution is -2.38. The monoisotopic (exact) mass is 451 g/mol. The minimum absolute atomic E-state index is 0.0551. The first-order valence-electron chi connectivity index (χ1n) is 7.63.